The van der Waals surface area contributed by atoms with Gasteiger partial charge in [-0.2, -0.15) is 0 Å². The summed E-state index contributed by atoms with van der Waals surface area (Å²) in [6.45, 7) is 4.10. The summed E-state index contributed by atoms with van der Waals surface area (Å²) in [6.07, 6.45) is 3.58. The van der Waals surface area contributed by atoms with Crippen LogP contribution in [0.5, 0.6) is 0 Å². The largest absolute Gasteiger partial charge is 0.345 e. The molecule has 0 fully saturated rings. The molecule has 16 heavy (non-hydrogen) atoms. The zero-order valence-electron chi connectivity index (χ0n) is 9.95. The number of rotatable bonds is 5. The van der Waals surface area contributed by atoms with Crippen LogP contribution in [0.15, 0.2) is 30.3 Å². The molecule has 1 heterocycles. The Morgan fingerprint density at radius 3 is 2.75 bits per heavy atom. The van der Waals surface area contributed by atoms with Gasteiger partial charge in [-0.1, -0.05) is 24.6 Å². The molecule has 2 N–H and O–H groups in total. The summed E-state index contributed by atoms with van der Waals surface area (Å²) >= 11 is 0. The average Bonchev–Trinajstić information content (AvgIpc) is 2.61. The fraction of sp³-hybridized carbons (Fsp3) is 0.429. The van der Waals surface area contributed by atoms with Crippen molar-refractivity contribution in [3.05, 3.63) is 36.0 Å². The summed E-state index contributed by atoms with van der Waals surface area (Å²) < 4.78 is 2.41. The maximum atomic E-state index is 5.50. The van der Waals surface area contributed by atoms with Crippen LogP contribution in [0.1, 0.15) is 25.0 Å². The van der Waals surface area contributed by atoms with Crippen LogP contribution in [0.3, 0.4) is 0 Å². The molecule has 0 aliphatic carbocycles. The fourth-order valence-corrected chi connectivity index (χ4v) is 2.24. The van der Waals surface area contributed by atoms with E-state index < -0.39 is 0 Å². The Bertz CT molecular complexity index is 457. The van der Waals surface area contributed by atoms with Crippen molar-refractivity contribution in [3.8, 4) is 0 Å². The van der Waals surface area contributed by atoms with Crippen LogP contribution < -0.4 is 5.73 Å². The second-order valence-corrected chi connectivity index (χ2v) is 4.35. The molecule has 0 atom stereocenters. The summed E-state index contributed by atoms with van der Waals surface area (Å²) in [5, 5.41) is 1.35. The Kier molecular flexibility index (Phi) is 3.62. The van der Waals surface area contributed by atoms with Crippen molar-refractivity contribution in [1.29, 1.82) is 0 Å². The second kappa shape index (κ2) is 5.17. The standard InChI is InChI=1S/C14H20N2/c1-12-11-13-7-3-4-8-14(13)16(12)10-6-2-5-9-15/h3-4,7-8,11H,2,5-6,9-10,15H2,1H3. The molecule has 0 aliphatic heterocycles. The Labute approximate surface area is 97.1 Å². The molecule has 0 bridgehead atoms. The third kappa shape index (κ3) is 2.27. The lowest BCUT2D eigenvalue weighted by Gasteiger charge is -2.07. The van der Waals surface area contributed by atoms with Gasteiger partial charge in [0, 0.05) is 17.8 Å². The minimum atomic E-state index is 0.811. The maximum absolute atomic E-state index is 5.50. The Morgan fingerprint density at radius 2 is 1.94 bits per heavy atom. The smallest absolute Gasteiger partial charge is 0.0482 e. The van der Waals surface area contributed by atoms with E-state index in [0.29, 0.717) is 0 Å². The molecule has 0 amide bonds. The van der Waals surface area contributed by atoms with Gasteiger partial charge in [0.2, 0.25) is 0 Å². The number of para-hydroxylation sites is 1. The molecule has 0 radical (unpaired) electrons. The number of fused-ring (bicyclic) bond motifs is 1. The monoisotopic (exact) mass is 216 g/mol. The number of aromatic nitrogens is 1. The first kappa shape index (κ1) is 11.2. The maximum Gasteiger partial charge on any atom is 0.0482 e. The minimum Gasteiger partial charge on any atom is -0.345 e. The quantitative estimate of drug-likeness (QED) is 0.765. The molecule has 86 valence electrons. The van der Waals surface area contributed by atoms with Crippen LogP contribution in [0.25, 0.3) is 10.9 Å². The van der Waals surface area contributed by atoms with Crippen LogP contribution in [-0.2, 0) is 6.54 Å². The van der Waals surface area contributed by atoms with Gasteiger partial charge in [-0.25, -0.2) is 0 Å². The lowest BCUT2D eigenvalue weighted by molar-refractivity contribution is 0.595. The van der Waals surface area contributed by atoms with E-state index in [2.05, 4.69) is 41.8 Å². The molecule has 0 aliphatic rings. The molecule has 1 aromatic carbocycles. The predicted octanol–water partition coefficient (Wildman–Crippen LogP) is 3.08. The molecule has 0 spiro atoms. The number of aryl methyl sites for hydroxylation is 2. The molecular formula is C14H20N2. The third-order valence-electron chi connectivity index (χ3n) is 3.10. The highest BCUT2D eigenvalue weighted by atomic mass is 15.0. The van der Waals surface area contributed by atoms with E-state index in [1.165, 1.54) is 29.4 Å². The number of nitrogens with two attached hydrogens (primary N) is 1. The average molecular weight is 216 g/mol. The first-order valence-electron chi connectivity index (χ1n) is 6.08. The van der Waals surface area contributed by atoms with E-state index in [0.717, 1.165) is 19.5 Å². The van der Waals surface area contributed by atoms with Crippen LogP contribution >= 0.6 is 0 Å². The van der Waals surface area contributed by atoms with Crippen molar-refractivity contribution in [3.63, 3.8) is 0 Å². The third-order valence-corrected chi connectivity index (χ3v) is 3.10. The van der Waals surface area contributed by atoms with Crippen molar-refractivity contribution in [2.45, 2.75) is 32.7 Å². The van der Waals surface area contributed by atoms with Crippen molar-refractivity contribution >= 4 is 10.9 Å². The van der Waals surface area contributed by atoms with Gasteiger partial charge in [-0.3, -0.25) is 0 Å². The van der Waals surface area contributed by atoms with Crippen molar-refractivity contribution in [2.75, 3.05) is 6.54 Å². The van der Waals surface area contributed by atoms with Crippen LogP contribution in [-0.4, -0.2) is 11.1 Å². The van der Waals surface area contributed by atoms with Crippen LogP contribution in [0, 0.1) is 6.92 Å². The molecule has 2 nitrogen and oxygen atoms in total. The topological polar surface area (TPSA) is 30.9 Å². The zero-order valence-corrected chi connectivity index (χ0v) is 9.95. The first-order chi connectivity index (χ1) is 7.83. The van der Waals surface area contributed by atoms with Gasteiger partial charge in [0.05, 0.1) is 0 Å². The van der Waals surface area contributed by atoms with Gasteiger partial charge in [-0.05, 0) is 43.8 Å². The first-order valence-corrected chi connectivity index (χ1v) is 6.08. The highest BCUT2D eigenvalue weighted by molar-refractivity contribution is 5.81. The van der Waals surface area contributed by atoms with E-state index in [1.807, 2.05) is 0 Å². The number of benzene rings is 1. The normalized spacial score (nSPS) is 11.1. The van der Waals surface area contributed by atoms with E-state index in [-0.39, 0.29) is 0 Å². The van der Waals surface area contributed by atoms with Gasteiger partial charge in [0.15, 0.2) is 0 Å². The molecule has 0 saturated carbocycles. The van der Waals surface area contributed by atoms with Crippen molar-refractivity contribution < 1.29 is 0 Å². The van der Waals surface area contributed by atoms with E-state index in [4.69, 9.17) is 5.73 Å². The van der Waals surface area contributed by atoms with Gasteiger partial charge in [0.25, 0.3) is 0 Å². The van der Waals surface area contributed by atoms with E-state index in [9.17, 15) is 0 Å². The van der Waals surface area contributed by atoms with Crippen LogP contribution in [0.2, 0.25) is 0 Å². The van der Waals surface area contributed by atoms with Gasteiger partial charge >= 0.3 is 0 Å². The van der Waals surface area contributed by atoms with Crippen molar-refractivity contribution in [1.82, 2.24) is 4.57 Å². The summed E-state index contributed by atoms with van der Waals surface area (Å²) in [5.74, 6) is 0. The van der Waals surface area contributed by atoms with Gasteiger partial charge < -0.3 is 10.3 Å². The fourth-order valence-electron chi connectivity index (χ4n) is 2.24. The Morgan fingerprint density at radius 1 is 1.12 bits per heavy atom. The molecule has 0 unspecified atom stereocenters. The number of hydrogen-bond donors (Lipinski definition) is 1. The molecule has 2 heteroatoms. The van der Waals surface area contributed by atoms with Crippen molar-refractivity contribution in [2.24, 2.45) is 5.73 Å². The highest BCUT2D eigenvalue weighted by Gasteiger charge is 2.03. The number of nitrogens with zero attached hydrogens (tertiary/aromatic N) is 1. The molecule has 0 saturated heterocycles. The van der Waals surface area contributed by atoms with E-state index >= 15 is 0 Å². The number of unbranched alkanes of at least 4 members (excludes halogenated alkanes) is 2. The number of hydrogen-bond acceptors (Lipinski definition) is 1. The lowest BCUT2D eigenvalue weighted by atomic mass is 10.2. The molecule has 2 rings (SSSR count). The molecule has 1 aromatic heterocycles. The Hall–Kier alpha value is -1.28. The summed E-state index contributed by atoms with van der Waals surface area (Å²) in [7, 11) is 0. The second-order valence-electron chi connectivity index (χ2n) is 4.35. The van der Waals surface area contributed by atoms with E-state index in [1.54, 1.807) is 0 Å². The summed E-state index contributed by atoms with van der Waals surface area (Å²) in [4.78, 5) is 0. The Balaban J connectivity index is 2.13. The SMILES string of the molecule is Cc1cc2ccccc2n1CCCCCN. The van der Waals surface area contributed by atoms with Gasteiger partial charge in [0.1, 0.15) is 0 Å². The minimum absolute atomic E-state index is 0.811. The molecular weight excluding hydrogens is 196 g/mol. The van der Waals surface area contributed by atoms with Crippen LogP contribution in [0.4, 0.5) is 0 Å². The molecule has 2 aromatic rings. The zero-order chi connectivity index (χ0) is 11.4. The highest BCUT2D eigenvalue weighted by Crippen LogP contribution is 2.19. The van der Waals surface area contributed by atoms with Gasteiger partial charge in [-0.15, -0.1) is 0 Å². The summed E-state index contributed by atoms with van der Waals surface area (Å²) in [6, 6.07) is 10.8. The lowest BCUT2D eigenvalue weighted by Crippen LogP contribution is -2.02. The summed E-state index contributed by atoms with van der Waals surface area (Å²) in [5.41, 5.74) is 8.21. The predicted molar refractivity (Wildman–Crippen MR) is 69.6 cm³/mol.